The van der Waals surface area contributed by atoms with E-state index >= 15 is 0 Å². The number of hydrogen-bond acceptors (Lipinski definition) is 4. The topological polar surface area (TPSA) is 55.4 Å². The van der Waals surface area contributed by atoms with Gasteiger partial charge in [0.05, 0.1) is 16.7 Å². The lowest BCUT2D eigenvalue weighted by Gasteiger charge is -2.09. The van der Waals surface area contributed by atoms with E-state index in [-0.39, 0.29) is 33.8 Å². The number of nitrogens with one attached hydrogen (secondary N) is 1. The van der Waals surface area contributed by atoms with Crippen molar-refractivity contribution >= 4 is 35.0 Å². The molecule has 2 rings (SSSR count). The maximum Gasteiger partial charge on any atom is 0.343 e. The monoisotopic (exact) mass is 359 g/mol. The highest BCUT2D eigenvalue weighted by Crippen LogP contribution is 2.30. The Morgan fingerprint density at radius 2 is 2.04 bits per heavy atom. The fraction of sp³-hybridized carbons (Fsp3) is 0.375. The Kier molecular flexibility index (Phi) is 5.65. The van der Waals surface area contributed by atoms with E-state index in [1.807, 2.05) is 6.92 Å². The first kappa shape index (κ1) is 17.8. The summed E-state index contributed by atoms with van der Waals surface area (Å²) in [6.45, 7) is 3.79. The Hall–Kier alpha value is -1.59. The van der Waals surface area contributed by atoms with E-state index in [2.05, 4.69) is 5.32 Å². The minimum absolute atomic E-state index is 0.0311. The third-order valence-electron chi connectivity index (χ3n) is 3.55. The van der Waals surface area contributed by atoms with Crippen molar-refractivity contribution in [2.45, 2.75) is 26.3 Å². The van der Waals surface area contributed by atoms with Gasteiger partial charge < -0.3 is 10.1 Å². The number of carbonyl (C=O) groups excluding carboxylic acids is 2. The number of rotatable bonds is 6. The van der Waals surface area contributed by atoms with Gasteiger partial charge in [-0.15, -0.1) is 0 Å². The molecule has 2 unspecified atom stereocenters. The molecule has 1 aliphatic carbocycles. The van der Waals surface area contributed by atoms with Crippen LogP contribution in [0.4, 0.5) is 4.39 Å². The molecule has 0 amide bonds. The van der Waals surface area contributed by atoms with Crippen molar-refractivity contribution in [2.24, 2.45) is 5.92 Å². The van der Waals surface area contributed by atoms with E-state index in [4.69, 9.17) is 27.9 Å². The maximum atomic E-state index is 13.6. The van der Waals surface area contributed by atoms with E-state index in [1.165, 1.54) is 6.20 Å². The largest absolute Gasteiger partial charge is 0.462 e. The van der Waals surface area contributed by atoms with Crippen molar-refractivity contribution in [3.8, 4) is 0 Å². The third-order valence-corrected chi connectivity index (χ3v) is 4.15. The second kappa shape index (κ2) is 7.32. The molecule has 23 heavy (non-hydrogen) atoms. The highest BCUT2D eigenvalue weighted by Gasteiger charge is 2.32. The normalized spacial score (nSPS) is 20.1. The summed E-state index contributed by atoms with van der Waals surface area (Å²) in [5.74, 6) is -1.82. The Bertz CT molecular complexity index is 676. The van der Waals surface area contributed by atoms with Gasteiger partial charge in [0.2, 0.25) is 5.78 Å². The van der Waals surface area contributed by atoms with Gasteiger partial charge in [0, 0.05) is 17.8 Å². The first-order valence-electron chi connectivity index (χ1n) is 7.17. The van der Waals surface area contributed by atoms with Crippen LogP contribution in [0.15, 0.2) is 23.9 Å². The van der Waals surface area contributed by atoms with Gasteiger partial charge in [0.15, 0.2) is 0 Å². The van der Waals surface area contributed by atoms with E-state index in [0.717, 1.165) is 18.6 Å². The summed E-state index contributed by atoms with van der Waals surface area (Å²) in [5, 5.41) is 2.77. The first-order valence-corrected chi connectivity index (χ1v) is 7.93. The van der Waals surface area contributed by atoms with Gasteiger partial charge in [0.25, 0.3) is 0 Å². The number of esters is 1. The van der Waals surface area contributed by atoms with Crippen LogP contribution in [0.1, 0.15) is 30.6 Å². The summed E-state index contributed by atoms with van der Waals surface area (Å²) in [6.07, 6.45) is 2.27. The Balaban J connectivity index is 2.32. The molecule has 1 N–H and O–H groups in total. The molecule has 0 heterocycles. The van der Waals surface area contributed by atoms with Crippen molar-refractivity contribution in [2.75, 3.05) is 6.61 Å². The molecule has 1 aliphatic rings. The minimum atomic E-state index is -0.787. The molecule has 124 valence electrons. The maximum absolute atomic E-state index is 13.6. The number of halogens is 3. The van der Waals surface area contributed by atoms with Gasteiger partial charge in [-0.3, -0.25) is 4.79 Å². The number of benzene rings is 1. The molecule has 0 aromatic heterocycles. The quantitative estimate of drug-likeness (QED) is 0.210. The van der Waals surface area contributed by atoms with Crippen molar-refractivity contribution < 1.29 is 18.7 Å². The lowest BCUT2D eigenvalue weighted by Crippen LogP contribution is -2.21. The zero-order valence-corrected chi connectivity index (χ0v) is 14.2. The Morgan fingerprint density at radius 1 is 1.39 bits per heavy atom. The van der Waals surface area contributed by atoms with Crippen LogP contribution in [0.25, 0.3) is 0 Å². The number of hydrogen-bond donors (Lipinski definition) is 1. The molecular formula is C16H16Cl2FNO3. The van der Waals surface area contributed by atoms with E-state index in [9.17, 15) is 14.0 Å². The number of ketones is 1. The average molecular weight is 360 g/mol. The summed E-state index contributed by atoms with van der Waals surface area (Å²) in [6, 6.07) is 2.26. The molecule has 0 radical (unpaired) electrons. The predicted molar refractivity (Wildman–Crippen MR) is 86.2 cm³/mol. The van der Waals surface area contributed by atoms with Crippen LogP contribution in [-0.4, -0.2) is 24.4 Å². The molecular weight excluding hydrogens is 344 g/mol. The van der Waals surface area contributed by atoms with Crippen LogP contribution < -0.4 is 5.32 Å². The number of ether oxygens (including phenoxy) is 1. The summed E-state index contributed by atoms with van der Waals surface area (Å²) < 4.78 is 18.5. The molecule has 1 fully saturated rings. The van der Waals surface area contributed by atoms with Crippen molar-refractivity contribution in [1.82, 2.24) is 5.32 Å². The van der Waals surface area contributed by atoms with Gasteiger partial charge in [-0.25, -0.2) is 9.18 Å². The van der Waals surface area contributed by atoms with E-state index in [1.54, 1.807) is 6.92 Å². The smallest absolute Gasteiger partial charge is 0.343 e. The fourth-order valence-electron chi connectivity index (χ4n) is 2.01. The average Bonchev–Trinajstić information content (AvgIpc) is 3.19. The van der Waals surface area contributed by atoms with E-state index < -0.39 is 17.6 Å². The lowest BCUT2D eigenvalue weighted by atomic mass is 10.0. The SMILES string of the molecule is CCOC(=O)C(=CNC1CC1C)C(=O)c1cc(F)c(Cl)cc1Cl. The summed E-state index contributed by atoms with van der Waals surface area (Å²) in [7, 11) is 0. The standard InChI is InChI=1S/C16H16Cl2FNO3/c1-3-23-16(22)10(7-20-14-4-8(14)2)15(21)9-5-13(19)12(18)6-11(9)17/h5-8,14,20H,3-4H2,1-2H3. The molecule has 2 atom stereocenters. The van der Waals surface area contributed by atoms with Crippen LogP contribution in [-0.2, 0) is 9.53 Å². The number of carbonyl (C=O) groups is 2. The van der Waals surface area contributed by atoms with Crippen molar-refractivity contribution in [3.05, 3.63) is 45.3 Å². The lowest BCUT2D eigenvalue weighted by molar-refractivity contribution is -0.138. The van der Waals surface area contributed by atoms with Gasteiger partial charge in [-0.1, -0.05) is 30.1 Å². The van der Waals surface area contributed by atoms with Crippen LogP contribution >= 0.6 is 23.2 Å². The minimum Gasteiger partial charge on any atom is -0.462 e. The fourth-order valence-corrected chi connectivity index (χ4v) is 2.48. The Labute approximate surface area is 143 Å². The zero-order valence-electron chi connectivity index (χ0n) is 12.7. The second-order valence-electron chi connectivity index (χ2n) is 5.34. The molecule has 1 aromatic carbocycles. The Morgan fingerprint density at radius 3 is 2.61 bits per heavy atom. The molecule has 0 bridgehead atoms. The van der Waals surface area contributed by atoms with Crippen LogP contribution in [0.5, 0.6) is 0 Å². The van der Waals surface area contributed by atoms with Gasteiger partial charge >= 0.3 is 5.97 Å². The van der Waals surface area contributed by atoms with E-state index in [0.29, 0.717) is 5.92 Å². The van der Waals surface area contributed by atoms with Crippen LogP contribution in [0.3, 0.4) is 0 Å². The first-order chi connectivity index (χ1) is 10.8. The zero-order chi connectivity index (χ0) is 17.1. The number of Topliss-reactive ketones (excluding diaryl/α,β-unsaturated/α-hetero) is 1. The van der Waals surface area contributed by atoms with Crippen molar-refractivity contribution in [3.63, 3.8) is 0 Å². The molecule has 0 saturated heterocycles. The van der Waals surface area contributed by atoms with Crippen molar-refractivity contribution in [1.29, 1.82) is 0 Å². The highest BCUT2D eigenvalue weighted by atomic mass is 35.5. The second-order valence-corrected chi connectivity index (χ2v) is 6.15. The van der Waals surface area contributed by atoms with Gasteiger partial charge in [-0.2, -0.15) is 0 Å². The van der Waals surface area contributed by atoms with Crippen LogP contribution in [0, 0.1) is 11.7 Å². The summed E-state index contributed by atoms with van der Waals surface area (Å²) in [5.41, 5.74) is -0.368. The molecule has 7 heteroatoms. The molecule has 1 saturated carbocycles. The molecule has 1 aromatic rings. The van der Waals surface area contributed by atoms with Gasteiger partial charge in [0.1, 0.15) is 11.4 Å². The van der Waals surface area contributed by atoms with Gasteiger partial charge in [-0.05, 0) is 31.4 Å². The molecule has 4 nitrogen and oxygen atoms in total. The molecule has 0 aliphatic heterocycles. The molecule has 0 spiro atoms. The third kappa shape index (κ3) is 4.24. The summed E-state index contributed by atoms with van der Waals surface area (Å²) >= 11 is 11.6. The van der Waals surface area contributed by atoms with Crippen LogP contribution in [0.2, 0.25) is 10.0 Å². The highest BCUT2D eigenvalue weighted by molar-refractivity contribution is 6.39. The summed E-state index contributed by atoms with van der Waals surface area (Å²) in [4.78, 5) is 24.6. The predicted octanol–water partition coefficient (Wildman–Crippen LogP) is 3.76.